The maximum atomic E-state index is 5.72. The minimum atomic E-state index is 0.240. The summed E-state index contributed by atoms with van der Waals surface area (Å²) < 4.78 is 16.5. The highest BCUT2D eigenvalue weighted by Crippen LogP contribution is 2.26. The molecule has 1 atom stereocenters. The van der Waals surface area contributed by atoms with Gasteiger partial charge < -0.3 is 24.8 Å². The van der Waals surface area contributed by atoms with Gasteiger partial charge in [0.05, 0.1) is 25.8 Å². The van der Waals surface area contributed by atoms with Crippen molar-refractivity contribution in [3.05, 3.63) is 48.0 Å². The molecule has 7 nitrogen and oxygen atoms in total. The molecule has 0 saturated carbocycles. The lowest BCUT2D eigenvalue weighted by molar-refractivity contribution is 0.120. The highest BCUT2D eigenvalue weighted by Gasteiger charge is 2.16. The van der Waals surface area contributed by atoms with E-state index >= 15 is 0 Å². The number of aromatic nitrogens is 2. The lowest BCUT2D eigenvalue weighted by atomic mass is 10.2. The summed E-state index contributed by atoms with van der Waals surface area (Å²) in [6.45, 7) is 2.12. The second kappa shape index (κ2) is 8.96. The third-order valence-corrected chi connectivity index (χ3v) is 5.06. The molecule has 152 valence electrons. The fourth-order valence-corrected chi connectivity index (χ4v) is 3.48. The maximum Gasteiger partial charge on any atom is 0.225 e. The van der Waals surface area contributed by atoms with Gasteiger partial charge in [0, 0.05) is 36.7 Å². The number of hydrogen-bond acceptors (Lipinski definition) is 7. The molecule has 2 N–H and O–H groups in total. The summed E-state index contributed by atoms with van der Waals surface area (Å²) in [4.78, 5) is 9.37. The van der Waals surface area contributed by atoms with E-state index in [9.17, 15) is 0 Å². The van der Waals surface area contributed by atoms with Crippen LogP contribution in [0.3, 0.4) is 0 Å². The van der Waals surface area contributed by atoms with Crippen LogP contribution in [0.5, 0.6) is 11.5 Å². The van der Waals surface area contributed by atoms with Crippen LogP contribution in [0.2, 0.25) is 0 Å². The second-order valence-corrected chi connectivity index (χ2v) is 6.96. The smallest absolute Gasteiger partial charge is 0.225 e. The number of hydrogen-bond donors (Lipinski definition) is 2. The first-order chi connectivity index (χ1) is 14.3. The summed E-state index contributed by atoms with van der Waals surface area (Å²) in [5, 5.41) is 7.77. The number of methoxy groups -OCH3 is 2. The predicted octanol–water partition coefficient (Wildman–Crippen LogP) is 3.85. The van der Waals surface area contributed by atoms with Crippen molar-refractivity contribution in [3.63, 3.8) is 0 Å². The van der Waals surface area contributed by atoms with Crippen LogP contribution < -0.4 is 20.1 Å². The molecule has 0 spiro atoms. The Morgan fingerprint density at radius 3 is 2.76 bits per heavy atom. The second-order valence-electron chi connectivity index (χ2n) is 6.96. The minimum Gasteiger partial charge on any atom is -0.497 e. The molecule has 0 aliphatic carbocycles. The van der Waals surface area contributed by atoms with Crippen molar-refractivity contribution in [1.82, 2.24) is 9.97 Å². The van der Waals surface area contributed by atoms with Crippen molar-refractivity contribution in [2.75, 3.05) is 38.0 Å². The van der Waals surface area contributed by atoms with Gasteiger partial charge >= 0.3 is 0 Å². The molecule has 0 amide bonds. The average molecular weight is 394 g/mol. The molecule has 0 radical (unpaired) electrons. The van der Waals surface area contributed by atoms with Gasteiger partial charge in [0.15, 0.2) is 0 Å². The van der Waals surface area contributed by atoms with Crippen LogP contribution in [0.4, 0.5) is 11.8 Å². The first kappa shape index (κ1) is 19.3. The molecule has 1 aliphatic heterocycles. The molecule has 1 saturated heterocycles. The first-order valence-corrected chi connectivity index (χ1v) is 9.84. The summed E-state index contributed by atoms with van der Waals surface area (Å²) in [7, 11) is 3.29. The standard InChI is InChI=1S/C22H26N4O3/c1-27-16-10-9-15(20(12-16)28-2)13-24-22-25-19-8-4-3-7-18(19)21(26-22)23-14-17-6-5-11-29-17/h3-4,7-10,12,17H,5-6,11,13-14H2,1-2H3,(H2,23,24,25,26). The van der Waals surface area contributed by atoms with E-state index in [1.54, 1.807) is 14.2 Å². The summed E-state index contributed by atoms with van der Waals surface area (Å²) >= 11 is 0. The Labute approximate surface area is 170 Å². The summed E-state index contributed by atoms with van der Waals surface area (Å²) in [5.41, 5.74) is 1.89. The molecule has 1 fully saturated rings. The Morgan fingerprint density at radius 1 is 1.07 bits per heavy atom. The Bertz CT molecular complexity index is 973. The molecule has 2 heterocycles. The van der Waals surface area contributed by atoms with Gasteiger partial charge in [-0.1, -0.05) is 12.1 Å². The van der Waals surface area contributed by atoms with Crippen LogP contribution in [0, 0.1) is 0 Å². The van der Waals surface area contributed by atoms with Gasteiger partial charge in [-0.05, 0) is 37.1 Å². The average Bonchev–Trinajstić information content (AvgIpc) is 3.29. The van der Waals surface area contributed by atoms with Gasteiger partial charge in [-0.15, -0.1) is 0 Å². The Balaban J connectivity index is 1.54. The van der Waals surface area contributed by atoms with Crippen molar-refractivity contribution >= 4 is 22.7 Å². The number of para-hydroxylation sites is 1. The van der Waals surface area contributed by atoms with E-state index in [0.717, 1.165) is 59.8 Å². The van der Waals surface area contributed by atoms with E-state index in [4.69, 9.17) is 19.2 Å². The molecule has 29 heavy (non-hydrogen) atoms. The number of ether oxygens (including phenoxy) is 3. The number of fused-ring (bicyclic) bond motifs is 1. The zero-order valence-corrected chi connectivity index (χ0v) is 16.8. The van der Waals surface area contributed by atoms with Crippen molar-refractivity contribution in [2.45, 2.75) is 25.5 Å². The van der Waals surface area contributed by atoms with Crippen LogP contribution in [0.15, 0.2) is 42.5 Å². The lowest BCUT2D eigenvalue weighted by Crippen LogP contribution is -2.19. The number of anilines is 2. The summed E-state index contributed by atoms with van der Waals surface area (Å²) in [6.07, 6.45) is 2.44. The molecule has 1 unspecified atom stereocenters. The number of benzene rings is 2. The monoisotopic (exact) mass is 394 g/mol. The minimum absolute atomic E-state index is 0.240. The zero-order chi connectivity index (χ0) is 20.1. The molecular formula is C22H26N4O3. The Kier molecular flexibility index (Phi) is 5.95. The fraction of sp³-hybridized carbons (Fsp3) is 0.364. The van der Waals surface area contributed by atoms with Gasteiger partial charge in [0.2, 0.25) is 5.95 Å². The van der Waals surface area contributed by atoms with Gasteiger partial charge in [-0.3, -0.25) is 0 Å². The highest BCUT2D eigenvalue weighted by atomic mass is 16.5. The van der Waals surface area contributed by atoms with E-state index in [-0.39, 0.29) is 6.10 Å². The lowest BCUT2D eigenvalue weighted by Gasteiger charge is -2.15. The quantitative estimate of drug-likeness (QED) is 0.601. The number of nitrogens with zero attached hydrogens (tertiary/aromatic N) is 2. The van der Waals surface area contributed by atoms with E-state index < -0.39 is 0 Å². The van der Waals surface area contributed by atoms with E-state index in [0.29, 0.717) is 12.5 Å². The van der Waals surface area contributed by atoms with Crippen LogP contribution in [0.25, 0.3) is 10.9 Å². The van der Waals surface area contributed by atoms with Crippen LogP contribution in [-0.4, -0.2) is 43.4 Å². The molecular weight excluding hydrogens is 368 g/mol. The van der Waals surface area contributed by atoms with Crippen molar-refractivity contribution in [3.8, 4) is 11.5 Å². The van der Waals surface area contributed by atoms with Gasteiger partial charge in [-0.25, -0.2) is 4.98 Å². The van der Waals surface area contributed by atoms with Crippen molar-refractivity contribution in [1.29, 1.82) is 0 Å². The van der Waals surface area contributed by atoms with E-state index in [1.165, 1.54) is 0 Å². The molecule has 4 rings (SSSR count). The predicted molar refractivity (Wildman–Crippen MR) is 114 cm³/mol. The zero-order valence-electron chi connectivity index (χ0n) is 16.8. The fourth-order valence-electron chi connectivity index (χ4n) is 3.48. The largest absolute Gasteiger partial charge is 0.497 e. The summed E-state index contributed by atoms with van der Waals surface area (Å²) in [6, 6.07) is 13.8. The van der Waals surface area contributed by atoms with E-state index in [1.807, 2.05) is 42.5 Å². The van der Waals surface area contributed by atoms with E-state index in [2.05, 4.69) is 15.6 Å². The van der Waals surface area contributed by atoms with Crippen LogP contribution in [0.1, 0.15) is 18.4 Å². The van der Waals surface area contributed by atoms with Crippen molar-refractivity contribution in [2.24, 2.45) is 0 Å². The van der Waals surface area contributed by atoms with Gasteiger partial charge in [-0.2, -0.15) is 4.98 Å². The SMILES string of the molecule is COc1ccc(CNc2nc(NCC3CCCO3)c3ccccc3n2)c(OC)c1. The normalized spacial score (nSPS) is 16.0. The molecule has 2 aromatic carbocycles. The maximum absolute atomic E-state index is 5.72. The molecule has 7 heteroatoms. The third-order valence-electron chi connectivity index (χ3n) is 5.06. The van der Waals surface area contributed by atoms with Gasteiger partial charge in [0.1, 0.15) is 17.3 Å². The molecule has 3 aromatic rings. The molecule has 1 aliphatic rings. The number of rotatable bonds is 8. The Morgan fingerprint density at radius 2 is 1.97 bits per heavy atom. The first-order valence-electron chi connectivity index (χ1n) is 9.84. The van der Waals surface area contributed by atoms with Gasteiger partial charge in [0.25, 0.3) is 0 Å². The third kappa shape index (κ3) is 4.51. The molecule has 0 bridgehead atoms. The summed E-state index contributed by atoms with van der Waals surface area (Å²) in [5.74, 6) is 2.90. The topological polar surface area (TPSA) is 77.5 Å². The Hall–Kier alpha value is -3.06. The van der Waals surface area contributed by atoms with Crippen LogP contribution in [-0.2, 0) is 11.3 Å². The highest BCUT2D eigenvalue weighted by molar-refractivity contribution is 5.90. The van der Waals surface area contributed by atoms with Crippen molar-refractivity contribution < 1.29 is 14.2 Å². The molecule has 1 aromatic heterocycles. The van der Waals surface area contributed by atoms with Crippen LogP contribution >= 0.6 is 0 Å². The number of nitrogens with one attached hydrogen (secondary N) is 2.